The number of hydrogen-bond donors (Lipinski definition) is 0. The van der Waals surface area contributed by atoms with E-state index in [-0.39, 0.29) is 0 Å². The van der Waals surface area contributed by atoms with Gasteiger partial charge in [-0.1, -0.05) is 55.4 Å². The molecule has 20 heavy (non-hydrogen) atoms. The number of ether oxygens (including phenoxy) is 1. The second-order valence-electron chi connectivity index (χ2n) is 8.30. The van der Waals surface area contributed by atoms with Crippen LogP contribution in [0.15, 0.2) is 0 Å². The first-order chi connectivity index (χ1) is 9.22. The van der Waals surface area contributed by atoms with Crippen molar-refractivity contribution in [3.05, 3.63) is 0 Å². The van der Waals surface area contributed by atoms with Gasteiger partial charge in [-0.25, -0.2) is 0 Å². The molecule has 1 atom stereocenters. The van der Waals surface area contributed by atoms with Crippen LogP contribution in [0.4, 0.5) is 0 Å². The number of rotatable bonds is 11. The summed E-state index contributed by atoms with van der Waals surface area (Å²) in [7, 11) is 0. The highest BCUT2D eigenvalue weighted by molar-refractivity contribution is 4.67. The molecule has 1 nitrogen and oxygen atoms in total. The topological polar surface area (TPSA) is 9.23 Å². The van der Waals surface area contributed by atoms with Crippen molar-refractivity contribution in [2.75, 3.05) is 13.2 Å². The Morgan fingerprint density at radius 3 is 1.40 bits per heavy atom. The van der Waals surface area contributed by atoms with Crippen molar-refractivity contribution in [1.29, 1.82) is 0 Å². The minimum atomic E-state index is 0.716. The highest BCUT2D eigenvalue weighted by Gasteiger charge is 2.18. The highest BCUT2D eigenvalue weighted by atomic mass is 16.5. The summed E-state index contributed by atoms with van der Waals surface area (Å²) in [6.45, 7) is 20.5. The zero-order valence-corrected chi connectivity index (χ0v) is 15.4. The lowest BCUT2D eigenvalue weighted by Gasteiger charge is -2.25. The average molecular weight is 285 g/mol. The summed E-state index contributed by atoms with van der Waals surface area (Å²) < 4.78 is 6.12. The Balaban J connectivity index is 4.17. The fourth-order valence-corrected chi connectivity index (χ4v) is 3.09. The number of hydrogen-bond acceptors (Lipinski definition) is 1. The zero-order valence-electron chi connectivity index (χ0n) is 15.4. The van der Waals surface area contributed by atoms with Crippen LogP contribution in [0.2, 0.25) is 0 Å². The smallest absolute Gasteiger partial charge is 0.0496 e. The highest BCUT2D eigenvalue weighted by Crippen LogP contribution is 2.23. The predicted molar refractivity (Wildman–Crippen MR) is 91.0 cm³/mol. The van der Waals surface area contributed by atoms with Crippen molar-refractivity contribution in [1.82, 2.24) is 0 Å². The van der Waals surface area contributed by atoms with Crippen LogP contribution in [0.1, 0.15) is 74.7 Å². The zero-order chi connectivity index (χ0) is 15.7. The van der Waals surface area contributed by atoms with Crippen LogP contribution < -0.4 is 0 Å². The minimum Gasteiger partial charge on any atom is -0.381 e. The summed E-state index contributed by atoms with van der Waals surface area (Å²) in [6.07, 6.45) is 3.89. The quantitative estimate of drug-likeness (QED) is 0.450. The molecule has 0 radical (unpaired) electrons. The lowest BCUT2D eigenvalue weighted by atomic mass is 9.88. The third-order valence-electron chi connectivity index (χ3n) is 4.01. The molecule has 0 aliphatic heterocycles. The molecule has 0 rings (SSSR count). The van der Waals surface area contributed by atoms with Crippen molar-refractivity contribution in [2.45, 2.75) is 74.7 Å². The lowest BCUT2D eigenvalue weighted by molar-refractivity contribution is 0.0415. The summed E-state index contributed by atoms with van der Waals surface area (Å²) >= 11 is 0. The van der Waals surface area contributed by atoms with Gasteiger partial charge in [0.15, 0.2) is 0 Å². The van der Waals surface area contributed by atoms with E-state index in [2.05, 4.69) is 55.4 Å². The maximum absolute atomic E-state index is 6.12. The summed E-state index contributed by atoms with van der Waals surface area (Å²) in [5.74, 6) is 4.51. The maximum atomic E-state index is 6.12. The van der Waals surface area contributed by atoms with E-state index in [1.54, 1.807) is 0 Å². The Kier molecular flexibility index (Phi) is 10.6. The van der Waals surface area contributed by atoms with E-state index in [1.165, 1.54) is 19.3 Å². The molecular formula is C19H40O. The van der Waals surface area contributed by atoms with Gasteiger partial charge in [0.25, 0.3) is 0 Å². The first-order valence-corrected chi connectivity index (χ1v) is 8.80. The first-order valence-electron chi connectivity index (χ1n) is 8.80. The van der Waals surface area contributed by atoms with Crippen LogP contribution >= 0.6 is 0 Å². The van der Waals surface area contributed by atoms with E-state index in [1.807, 2.05) is 0 Å². The SMILES string of the molecule is CC(C)CC(COCC(CC(C)C)C(C)C)CC(C)C. The second-order valence-corrected chi connectivity index (χ2v) is 8.30. The molecule has 0 fully saturated rings. The van der Waals surface area contributed by atoms with Gasteiger partial charge in [0, 0.05) is 13.2 Å². The van der Waals surface area contributed by atoms with Gasteiger partial charge in [0.1, 0.15) is 0 Å². The van der Waals surface area contributed by atoms with Gasteiger partial charge in [-0.05, 0) is 54.8 Å². The largest absolute Gasteiger partial charge is 0.381 e. The van der Waals surface area contributed by atoms with E-state index < -0.39 is 0 Å². The summed E-state index contributed by atoms with van der Waals surface area (Å²) in [6, 6.07) is 0. The van der Waals surface area contributed by atoms with E-state index >= 15 is 0 Å². The Bertz CT molecular complexity index is 208. The van der Waals surface area contributed by atoms with Crippen molar-refractivity contribution in [3.8, 4) is 0 Å². The Morgan fingerprint density at radius 1 is 0.600 bits per heavy atom. The van der Waals surface area contributed by atoms with Gasteiger partial charge in [0.05, 0.1) is 0 Å². The molecule has 0 spiro atoms. The normalized spacial score (nSPS) is 14.2. The van der Waals surface area contributed by atoms with Crippen LogP contribution in [0, 0.1) is 35.5 Å². The monoisotopic (exact) mass is 284 g/mol. The molecule has 1 unspecified atom stereocenters. The first kappa shape index (κ1) is 20.0. The molecular weight excluding hydrogens is 244 g/mol. The average Bonchev–Trinajstić information content (AvgIpc) is 2.24. The molecule has 0 saturated carbocycles. The molecule has 0 aliphatic carbocycles. The van der Waals surface area contributed by atoms with Crippen LogP contribution in [0.5, 0.6) is 0 Å². The van der Waals surface area contributed by atoms with Crippen molar-refractivity contribution in [3.63, 3.8) is 0 Å². The van der Waals surface area contributed by atoms with E-state index in [9.17, 15) is 0 Å². The molecule has 122 valence electrons. The molecule has 0 aromatic rings. The van der Waals surface area contributed by atoms with Gasteiger partial charge in [-0.2, -0.15) is 0 Å². The van der Waals surface area contributed by atoms with Gasteiger partial charge < -0.3 is 4.74 Å². The predicted octanol–water partition coefficient (Wildman–Crippen LogP) is 6.03. The van der Waals surface area contributed by atoms with E-state index in [0.717, 1.165) is 42.8 Å². The Hall–Kier alpha value is -0.0400. The molecule has 0 N–H and O–H groups in total. The minimum absolute atomic E-state index is 0.716. The molecule has 0 aliphatic rings. The third-order valence-corrected chi connectivity index (χ3v) is 4.01. The summed E-state index contributed by atoms with van der Waals surface area (Å²) in [4.78, 5) is 0. The van der Waals surface area contributed by atoms with Crippen LogP contribution in [-0.4, -0.2) is 13.2 Å². The standard InChI is InChI=1S/C19H40O/c1-14(2)9-18(10-15(3)4)12-20-13-19(17(7)8)11-16(5)6/h14-19H,9-13H2,1-8H3. The van der Waals surface area contributed by atoms with Gasteiger partial charge in [-0.15, -0.1) is 0 Å². The Labute approximate surface area is 128 Å². The van der Waals surface area contributed by atoms with Gasteiger partial charge in [0.2, 0.25) is 0 Å². The molecule has 1 heteroatoms. The summed E-state index contributed by atoms with van der Waals surface area (Å²) in [5, 5.41) is 0. The van der Waals surface area contributed by atoms with Crippen molar-refractivity contribution < 1.29 is 4.74 Å². The van der Waals surface area contributed by atoms with Crippen LogP contribution in [0.25, 0.3) is 0 Å². The third kappa shape index (κ3) is 10.7. The molecule has 0 aromatic carbocycles. The lowest BCUT2D eigenvalue weighted by Crippen LogP contribution is -2.22. The molecule has 0 amide bonds. The second kappa shape index (κ2) is 10.7. The van der Waals surface area contributed by atoms with Crippen molar-refractivity contribution in [2.24, 2.45) is 35.5 Å². The van der Waals surface area contributed by atoms with Gasteiger partial charge >= 0.3 is 0 Å². The molecule has 0 saturated heterocycles. The molecule has 0 bridgehead atoms. The maximum Gasteiger partial charge on any atom is 0.0496 e. The van der Waals surface area contributed by atoms with E-state index in [4.69, 9.17) is 4.74 Å². The fraction of sp³-hybridized carbons (Fsp3) is 1.00. The van der Waals surface area contributed by atoms with Crippen molar-refractivity contribution >= 4 is 0 Å². The van der Waals surface area contributed by atoms with E-state index in [0.29, 0.717) is 5.92 Å². The molecule has 0 aromatic heterocycles. The van der Waals surface area contributed by atoms with Crippen LogP contribution in [-0.2, 0) is 4.74 Å². The fourth-order valence-electron chi connectivity index (χ4n) is 3.09. The summed E-state index contributed by atoms with van der Waals surface area (Å²) in [5.41, 5.74) is 0. The Morgan fingerprint density at radius 2 is 1.05 bits per heavy atom. The van der Waals surface area contributed by atoms with Crippen LogP contribution in [0.3, 0.4) is 0 Å². The van der Waals surface area contributed by atoms with Gasteiger partial charge in [-0.3, -0.25) is 0 Å². The molecule has 0 heterocycles.